The van der Waals surface area contributed by atoms with E-state index < -0.39 is 5.97 Å². The lowest BCUT2D eigenvalue weighted by molar-refractivity contribution is 0.0595. The van der Waals surface area contributed by atoms with Crippen molar-refractivity contribution in [3.8, 4) is 0 Å². The Morgan fingerprint density at radius 1 is 1.53 bits per heavy atom. The van der Waals surface area contributed by atoms with Crippen molar-refractivity contribution in [1.82, 2.24) is 4.98 Å². The first kappa shape index (κ1) is 13.9. The zero-order chi connectivity index (χ0) is 12.7. The van der Waals surface area contributed by atoms with Gasteiger partial charge in [0.2, 0.25) is 0 Å². The van der Waals surface area contributed by atoms with Gasteiger partial charge in [0, 0.05) is 25.1 Å². The molecule has 0 N–H and O–H groups in total. The number of hydrogen-bond acceptors (Lipinski definition) is 6. The Bertz CT molecular complexity index is 354. The van der Waals surface area contributed by atoms with Gasteiger partial charge >= 0.3 is 5.97 Å². The van der Waals surface area contributed by atoms with Crippen molar-refractivity contribution in [2.24, 2.45) is 0 Å². The van der Waals surface area contributed by atoms with E-state index in [1.807, 2.05) is 13.8 Å². The number of thiazole rings is 1. The molecular weight excluding hydrogens is 240 g/mol. The molecule has 0 fully saturated rings. The molecule has 0 aromatic carbocycles. The quantitative estimate of drug-likeness (QED) is 0.551. The first-order valence-corrected chi connectivity index (χ1v) is 6.47. The number of esters is 1. The van der Waals surface area contributed by atoms with E-state index in [0.29, 0.717) is 18.9 Å². The number of hydrogen-bond donors (Lipinski definition) is 0. The van der Waals surface area contributed by atoms with Gasteiger partial charge < -0.3 is 14.4 Å². The van der Waals surface area contributed by atoms with Crippen LogP contribution in [-0.4, -0.2) is 44.4 Å². The molecule has 5 nitrogen and oxygen atoms in total. The highest BCUT2D eigenvalue weighted by Gasteiger charge is 2.14. The van der Waals surface area contributed by atoms with E-state index in [-0.39, 0.29) is 0 Å². The van der Waals surface area contributed by atoms with E-state index >= 15 is 0 Å². The number of carbonyl (C=O) groups excluding carboxylic acids is 1. The van der Waals surface area contributed by atoms with E-state index in [1.165, 1.54) is 18.4 Å². The predicted octanol–water partition coefficient (Wildman–Crippen LogP) is 1.79. The number of anilines is 1. The minimum absolute atomic E-state index is 0.363. The number of ether oxygens (including phenoxy) is 2. The van der Waals surface area contributed by atoms with E-state index in [4.69, 9.17) is 4.74 Å². The fourth-order valence-electron chi connectivity index (χ4n) is 1.32. The first-order chi connectivity index (χ1) is 8.22. The summed E-state index contributed by atoms with van der Waals surface area (Å²) in [6.07, 6.45) is 0. The van der Waals surface area contributed by atoms with Gasteiger partial charge in [-0.25, -0.2) is 9.78 Å². The standard InChI is InChI=1S/C11H18N2O3S/c1-4-13(6-7-16-5-2)11-12-9(8-17-11)10(14)15-3/h8H,4-7H2,1-3H3. The number of likely N-dealkylation sites (N-methyl/N-ethyl adjacent to an activating group) is 1. The number of carbonyl (C=O) groups is 1. The van der Waals surface area contributed by atoms with E-state index in [2.05, 4.69) is 14.6 Å². The van der Waals surface area contributed by atoms with Crippen molar-refractivity contribution in [1.29, 1.82) is 0 Å². The first-order valence-electron chi connectivity index (χ1n) is 5.59. The molecule has 0 amide bonds. The SMILES string of the molecule is CCOCCN(CC)c1nc(C(=O)OC)cs1. The van der Waals surface area contributed by atoms with Crippen LogP contribution < -0.4 is 4.90 Å². The molecule has 1 rings (SSSR count). The van der Waals surface area contributed by atoms with Crippen molar-refractivity contribution < 1.29 is 14.3 Å². The molecule has 0 spiro atoms. The van der Waals surface area contributed by atoms with Gasteiger partial charge in [-0.2, -0.15) is 0 Å². The molecule has 0 aliphatic rings. The van der Waals surface area contributed by atoms with Crippen molar-refractivity contribution >= 4 is 22.4 Å². The maximum Gasteiger partial charge on any atom is 0.357 e. The summed E-state index contributed by atoms with van der Waals surface area (Å²) in [5, 5.41) is 2.54. The highest BCUT2D eigenvalue weighted by Crippen LogP contribution is 2.20. The maximum absolute atomic E-state index is 11.3. The van der Waals surface area contributed by atoms with Gasteiger partial charge in [-0.3, -0.25) is 0 Å². The number of rotatable bonds is 7. The smallest absolute Gasteiger partial charge is 0.357 e. The summed E-state index contributed by atoms with van der Waals surface area (Å²) in [5.74, 6) is -0.395. The lowest BCUT2D eigenvalue weighted by Crippen LogP contribution is -2.27. The van der Waals surface area contributed by atoms with Gasteiger partial charge in [-0.15, -0.1) is 11.3 Å². The average molecular weight is 258 g/mol. The third-order valence-electron chi connectivity index (χ3n) is 2.25. The summed E-state index contributed by atoms with van der Waals surface area (Å²) < 4.78 is 9.93. The third-order valence-corrected chi connectivity index (χ3v) is 3.15. The molecule has 0 radical (unpaired) electrons. The predicted molar refractivity (Wildman–Crippen MR) is 67.8 cm³/mol. The Morgan fingerprint density at radius 2 is 2.29 bits per heavy atom. The van der Waals surface area contributed by atoms with Crippen molar-refractivity contribution in [2.75, 3.05) is 38.3 Å². The zero-order valence-corrected chi connectivity index (χ0v) is 11.2. The largest absolute Gasteiger partial charge is 0.464 e. The highest BCUT2D eigenvalue weighted by atomic mass is 32.1. The van der Waals surface area contributed by atoms with E-state index in [0.717, 1.165) is 18.2 Å². The third kappa shape index (κ3) is 3.98. The molecule has 0 unspecified atom stereocenters. The van der Waals surface area contributed by atoms with Crippen LogP contribution in [0, 0.1) is 0 Å². The van der Waals surface area contributed by atoms with Crippen LogP contribution in [-0.2, 0) is 9.47 Å². The van der Waals surface area contributed by atoms with Crippen LogP contribution in [0.2, 0.25) is 0 Å². The molecule has 1 aromatic rings. The van der Waals surface area contributed by atoms with Gasteiger partial charge in [0.15, 0.2) is 10.8 Å². The molecule has 0 saturated heterocycles. The van der Waals surface area contributed by atoms with Gasteiger partial charge in [0.25, 0.3) is 0 Å². The van der Waals surface area contributed by atoms with Crippen LogP contribution in [0.25, 0.3) is 0 Å². The summed E-state index contributed by atoms with van der Waals surface area (Å²) in [5.41, 5.74) is 0.363. The van der Waals surface area contributed by atoms with Crippen LogP contribution >= 0.6 is 11.3 Å². The van der Waals surface area contributed by atoms with Gasteiger partial charge in [0.05, 0.1) is 13.7 Å². The maximum atomic E-state index is 11.3. The lowest BCUT2D eigenvalue weighted by atomic mass is 10.5. The fraction of sp³-hybridized carbons (Fsp3) is 0.636. The molecule has 0 aliphatic heterocycles. The molecular formula is C11H18N2O3S. The van der Waals surface area contributed by atoms with E-state index in [1.54, 1.807) is 5.38 Å². The lowest BCUT2D eigenvalue weighted by Gasteiger charge is -2.19. The second-order valence-corrected chi connectivity index (χ2v) is 4.12. The van der Waals surface area contributed by atoms with Crippen LogP contribution in [0.3, 0.4) is 0 Å². The second kappa shape index (κ2) is 7.24. The Morgan fingerprint density at radius 3 is 2.88 bits per heavy atom. The number of methoxy groups -OCH3 is 1. The summed E-state index contributed by atoms with van der Waals surface area (Å²) in [6.45, 7) is 7.00. The van der Waals surface area contributed by atoms with Gasteiger partial charge in [-0.05, 0) is 13.8 Å². The van der Waals surface area contributed by atoms with Gasteiger partial charge in [-0.1, -0.05) is 0 Å². The summed E-state index contributed by atoms with van der Waals surface area (Å²) in [6, 6.07) is 0. The molecule has 0 atom stereocenters. The van der Waals surface area contributed by atoms with Crippen LogP contribution in [0.5, 0.6) is 0 Å². The van der Waals surface area contributed by atoms with Crippen LogP contribution in [0.4, 0.5) is 5.13 Å². The van der Waals surface area contributed by atoms with Crippen molar-refractivity contribution in [3.05, 3.63) is 11.1 Å². The minimum Gasteiger partial charge on any atom is -0.464 e. The highest BCUT2D eigenvalue weighted by molar-refractivity contribution is 7.13. The van der Waals surface area contributed by atoms with E-state index in [9.17, 15) is 4.79 Å². The monoisotopic (exact) mass is 258 g/mol. The topological polar surface area (TPSA) is 51.7 Å². The Balaban J connectivity index is 2.62. The molecule has 17 heavy (non-hydrogen) atoms. The average Bonchev–Trinajstić information content (AvgIpc) is 2.83. The minimum atomic E-state index is -0.395. The number of nitrogens with zero attached hydrogens (tertiary/aromatic N) is 2. The fourth-order valence-corrected chi connectivity index (χ4v) is 2.20. The Hall–Kier alpha value is -1.14. The molecule has 0 bridgehead atoms. The molecule has 96 valence electrons. The summed E-state index contributed by atoms with van der Waals surface area (Å²) in [4.78, 5) is 17.6. The van der Waals surface area contributed by atoms with Crippen molar-refractivity contribution in [3.63, 3.8) is 0 Å². The summed E-state index contributed by atoms with van der Waals surface area (Å²) >= 11 is 1.44. The number of aromatic nitrogens is 1. The zero-order valence-electron chi connectivity index (χ0n) is 10.4. The molecule has 6 heteroatoms. The second-order valence-electron chi connectivity index (χ2n) is 3.28. The summed E-state index contributed by atoms with van der Waals surface area (Å²) in [7, 11) is 1.36. The van der Waals surface area contributed by atoms with Crippen LogP contribution in [0.15, 0.2) is 5.38 Å². The van der Waals surface area contributed by atoms with Crippen LogP contribution in [0.1, 0.15) is 24.3 Å². The molecule has 1 aromatic heterocycles. The van der Waals surface area contributed by atoms with Gasteiger partial charge in [0.1, 0.15) is 0 Å². The molecule has 0 saturated carbocycles. The molecule has 0 aliphatic carbocycles. The molecule has 1 heterocycles. The normalized spacial score (nSPS) is 10.3. The Kier molecular flexibility index (Phi) is 5.93. The van der Waals surface area contributed by atoms with Crippen molar-refractivity contribution in [2.45, 2.75) is 13.8 Å². The Labute approximate surface area is 105 Å².